The van der Waals surface area contributed by atoms with Gasteiger partial charge in [-0.25, -0.2) is 0 Å². The van der Waals surface area contributed by atoms with Crippen molar-refractivity contribution >= 4 is 5.69 Å². The molecule has 3 saturated heterocycles. The molecule has 3 atom stereocenters. The molecule has 1 spiro atoms. The molecule has 3 aliphatic heterocycles. The second kappa shape index (κ2) is 3.45. The summed E-state index contributed by atoms with van der Waals surface area (Å²) in [5.41, 5.74) is 1.81. The van der Waals surface area contributed by atoms with Crippen molar-refractivity contribution in [3.8, 4) is 0 Å². The number of rotatable bonds is 1. The second-order valence-electron chi connectivity index (χ2n) is 5.91. The van der Waals surface area contributed by atoms with Crippen LogP contribution in [0, 0.1) is 5.92 Å². The van der Waals surface area contributed by atoms with Crippen LogP contribution in [0.25, 0.3) is 0 Å². The van der Waals surface area contributed by atoms with Crippen molar-refractivity contribution < 1.29 is 0 Å². The molecule has 0 radical (unpaired) electrons. The van der Waals surface area contributed by atoms with Crippen LogP contribution < -0.4 is 4.90 Å². The van der Waals surface area contributed by atoms with E-state index in [1.807, 2.05) is 18.5 Å². The topological polar surface area (TPSA) is 19.4 Å². The van der Waals surface area contributed by atoms with Gasteiger partial charge < -0.3 is 4.90 Å². The maximum atomic E-state index is 4.24. The second-order valence-corrected chi connectivity index (χ2v) is 5.91. The van der Waals surface area contributed by atoms with Gasteiger partial charge in [0.15, 0.2) is 0 Å². The molecule has 17 heavy (non-hydrogen) atoms. The van der Waals surface area contributed by atoms with E-state index in [9.17, 15) is 0 Å². The van der Waals surface area contributed by atoms with E-state index in [1.54, 1.807) is 0 Å². The van der Waals surface area contributed by atoms with Crippen molar-refractivity contribution in [2.45, 2.75) is 24.8 Å². The van der Waals surface area contributed by atoms with E-state index in [-0.39, 0.29) is 0 Å². The van der Waals surface area contributed by atoms with Crippen LogP contribution in [-0.4, -0.2) is 41.6 Å². The van der Waals surface area contributed by atoms with E-state index in [2.05, 4.69) is 20.9 Å². The summed E-state index contributed by atoms with van der Waals surface area (Å²) in [6.07, 6.45) is 8.08. The van der Waals surface area contributed by atoms with Gasteiger partial charge in [0.2, 0.25) is 0 Å². The van der Waals surface area contributed by atoms with Crippen molar-refractivity contribution in [2.75, 3.05) is 31.1 Å². The zero-order valence-corrected chi connectivity index (χ0v) is 10.2. The number of fused-ring (bicyclic) bond motifs is 3. The van der Waals surface area contributed by atoms with E-state index in [0.717, 1.165) is 5.92 Å². The molecule has 1 aromatic rings. The van der Waals surface area contributed by atoms with Gasteiger partial charge in [0.25, 0.3) is 0 Å². The van der Waals surface area contributed by atoms with Crippen LogP contribution in [0.5, 0.6) is 0 Å². The third-order valence-electron chi connectivity index (χ3n) is 4.97. The summed E-state index contributed by atoms with van der Waals surface area (Å²) in [5, 5.41) is 0. The SMILES string of the molecule is c1cncc(N2CCC3(C[C@H]4CCN3C4)C2)c1. The van der Waals surface area contributed by atoms with Crippen LogP contribution in [0.15, 0.2) is 24.5 Å². The molecular formula is C14H19N3. The molecule has 3 aliphatic rings. The zero-order chi connectivity index (χ0) is 11.3. The van der Waals surface area contributed by atoms with Gasteiger partial charge in [0, 0.05) is 31.4 Å². The monoisotopic (exact) mass is 229 g/mol. The highest BCUT2D eigenvalue weighted by Crippen LogP contribution is 2.46. The quantitative estimate of drug-likeness (QED) is 0.731. The van der Waals surface area contributed by atoms with Crippen LogP contribution in [0.3, 0.4) is 0 Å². The van der Waals surface area contributed by atoms with Gasteiger partial charge in [-0.05, 0) is 43.9 Å². The first-order chi connectivity index (χ1) is 8.36. The minimum atomic E-state index is 0.513. The molecule has 4 rings (SSSR count). The lowest BCUT2D eigenvalue weighted by Gasteiger charge is -2.36. The number of aromatic nitrogens is 1. The molecule has 0 amide bonds. The zero-order valence-electron chi connectivity index (χ0n) is 10.2. The minimum Gasteiger partial charge on any atom is -0.368 e. The van der Waals surface area contributed by atoms with Gasteiger partial charge in [-0.1, -0.05) is 0 Å². The first-order valence-corrected chi connectivity index (χ1v) is 6.76. The Morgan fingerprint density at radius 3 is 3.06 bits per heavy atom. The molecule has 3 fully saturated rings. The molecule has 4 heterocycles. The maximum absolute atomic E-state index is 4.24. The van der Waals surface area contributed by atoms with E-state index >= 15 is 0 Å². The fourth-order valence-corrected chi connectivity index (χ4v) is 4.14. The van der Waals surface area contributed by atoms with Crippen LogP contribution in [0.4, 0.5) is 5.69 Å². The Bertz CT molecular complexity index is 419. The highest BCUT2D eigenvalue weighted by Gasteiger charge is 2.52. The summed E-state index contributed by atoms with van der Waals surface area (Å²) in [7, 11) is 0. The minimum absolute atomic E-state index is 0.513. The average molecular weight is 229 g/mol. The van der Waals surface area contributed by atoms with Gasteiger partial charge >= 0.3 is 0 Å². The van der Waals surface area contributed by atoms with Gasteiger partial charge in [0.05, 0.1) is 11.9 Å². The molecule has 2 bridgehead atoms. The number of hydrogen-bond donors (Lipinski definition) is 0. The van der Waals surface area contributed by atoms with Crippen molar-refractivity contribution in [2.24, 2.45) is 5.92 Å². The lowest BCUT2D eigenvalue weighted by Crippen LogP contribution is -2.46. The Morgan fingerprint density at radius 2 is 2.35 bits per heavy atom. The normalized spacial score (nSPS) is 39.4. The summed E-state index contributed by atoms with van der Waals surface area (Å²) in [6, 6.07) is 4.23. The van der Waals surface area contributed by atoms with Crippen LogP contribution in [0.1, 0.15) is 19.3 Å². The van der Waals surface area contributed by atoms with Crippen molar-refractivity contribution in [1.82, 2.24) is 9.88 Å². The standard InChI is InChI=1S/C14H19N3/c1-2-13(9-15-5-1)16-7-4-14(11-16)8-12-3-6-17(14)10-12/h1-2,5,9,12H,3-4,6-8,10-11H2/t12-,14?/m1/s1. The molecule has 2 unspecified atom stereocenters. The summed E-state index contributed by atoms with van der Waals surface area (Å²) in [5.74, 6) is 0.990. The van der Waals surface area contributed by atoms with Gasteiger partial charge in [0.1, 0.15) is 0 Å². The third-order valence-corrected chi connectivity index (χ3v) is 4.97. The van der Waals surface area contributed by atoms with Crippen molar-refractivity contribution in [3.05, 3.63) is 24.5 Å². The van der Waals surface area contributed by atoms with Crippen LogP contribution in [-0.2, 0) is 0 Å². The first kappa shape index (κ1) is 9.89. The fourth-order valence-electron chi connectivity index (χ4n) is 4.14. The molecule has 90 valence electrons. The number of piperidine rings is 1. The van der Waals surface area contributed by atoms with Gasteiger partial charge in [-0.2, -0.15) is 0 Å². The van der Waals surface area contributed by atoms with Crippen LogP contribution >= 0.6 is 0 Å². The summed E-state index contributed by atoms with van der Waals surface area (Å²) >= 11 is 0. The predicted molar refractivity (Wildman–Crippen MR) is 68.1 cm³/mol. The first-order valence-electron chi connectivity index (χ1n) is 6.76. The third kappa shape index (κ3) is 1.41. The van der Waals surface area contributed by atoms with E-state index in [4.69, 9.17) is 0 Å². The molecule has 3 heteroatoms. The molecule has 3 nitrogen and oxygen atoms in total. The Morgan fingerprint density at radius 1 is 1.35 bits per heavy atom. The van der Waals surface area contributed by atoms with E-state index < -0.39 is 0 Å². The maximum Gasteiger partial charge on any atom is 0.0553 e. The van der Waals surface area contributed by atoms with E-state index in [0.29, 0.717) is 5.54 Å². The smallest absolute Gasteiger partial charge is 0.0553 e. The highest BCUT2D eigenvalue weighted by atomic mass is 15.3. The molecule has 0 N–H and O–H groups in total. The Labute approximate surface area is 102 Å². The Hall–Kier alpha value is -1.09. The summed E-state index contributed by atoms with van der Waals surface area (Å²) < 4.78 is 0. The number of pyridine rings is 1. The number of hydrogen-bond acceptors (Lipinski definition) is 3. The molecular weight excluding hydrogens is 210 g/mol. The number of anilines is 1. The number of nitrogens with zero attached hydrogens (tertiary/aromatic N) is 3. The average Bonchev–Trinajstić information content (AvgIpc) is 3.06. The highest BCUT2D eigenvalue weighted by molar-refractivity contribution is 5.46. The predicted octanol–water partition coefficient (Wildman–Crippen LogP) is 1.76. The molecule has 0 aromatic carbocycles. The lowest BCUT2D eigenvalue weighted by atomic mass is 9.87. The Balaban J connectivity index is 1.57. The van der Waals surface area contributed by atoms with Crippen LogP contribution in [0.2, 0.25) is 0 Å². The Kier molecular flexibility index (Phi) is 2.01. The largest absolute Gasteiger partial charge is 0.368 e. The molecule has 0 saturated carbocycles. The van der Waals surface area contributed by atoms with Crippen molar-refractivity contribution in [1.29, 1.82) is 0 Å². The summed E-state index contributed by atoms with van der Waals surface area (Å²) in [4.78, 5) is 9.52. The van der Waals surface area contributed by atoms with E-state index in [1.165, 1.54) is 51.1 Å². The summed E-state index contributed by atoms with van der Waals surface area (Å²) in [6.45, 7) is 5.12. The molecule has 0 aliphatic carbocycles. The van der Waals surface area contributed by atoms with Crippen molar-refractivity contribution in [3.63, 3.8) is 0 Å². The fraction of sp³-hybridized carbons (Fsp3) is 0.643. The lowest BCUT2D eigenvalue weighted by molar-refractivity contribution is 0.155. The van der Waals surface area contributed by atoms with Gasteiger partial charge in [-0.3, -0.25) is 9.88 Å². The van der Waals surface area contributed by atoms with Gasteiger partial charge in [-0.15, -0.1) is 0 Å². The molecule has 1 aromatic heterocycles.